The molecule has 0 saturated heterocycles. The molecular weight excluding hydrogens is 466 g/mol. The second kappa shape index (κ2) is 10.9. The zero-order valence-electron chi connectivity index (χ0n) is 21.4. The van der Waals surface area contributed by atoms with Crippen molar-refractivity contribution in [2.75, 3.05) is 6.61 Å². The fourth-order valence-electron chi connectivity index (χ4n) is 4.45. The maximum atomic E-state index is 12.7. The van der Waals surface area contributed by atoms with Crippen LogP contribution in [0, 0.1) is 11.3 Å². The lowest BCUT2D eigenvalue weighted by molar-refractivity contribution is -0.139. The van der Waals surface area contributed by atoms with Gasteiger partial charge in [0.25, 0.3) is 0 Å². The van der Waals surface area contributed by atoms with Crippen molar-refractivity contribution in [3.8, 4) is 23.3 Å². The van der Waals surface area contributed by atoms with Gasteiger partial charge >= 0.3 is 5.97 Å². The molecule has 1 heterocycles. The van der Waals surface area contributed by atoms with Crippen LogP contribution in [0.15, 0.2) is 60.7 Å². The van der Waals surface area contributed by atoms with Crippen LogP contribution in [0.3, 0.4) is 0 Å². The van der Waals surface area contributed by atoms with Gasteiger partial charge in [0.1, 0.15) is 23.3 Å². The highest BCUT2D eigenvalue weighted by Gasteiger charge is 2.29. The zero-order valence-corrected chi connectivity index (χ0v) is 21.4. The van der Waals surface area contributed by atoms with Gasteiger partial charge in [0.05, 0.1) is 18.1 Å². The molecule has 190 valence electrons. The van der Waals surface area contributed by atoms with Crippen molar-refractivity contribution in [3.05, 3.63) is 88.5 Å². The van der Waals surface area contributed by atoms with Gasteiger partial charge in [-0.3, -0.25) is 9.59 Å². The molecular formula is C31H31NO5. The number of rotatable bonds is 8. The summed E-state index contributed by atoms with van der Waals surface area (Å²) in [5.41, 5.74) is 3.96. The first kappa shape index (κ1) is 26.0. The van der Waals surface area contributed by atoms with Gasteiger partial charge in [0.2, 0.25) is 0 Å². The van der Waals surface area contributed by atoms with E-state index in [9.17, 15) is 20.0 Å². The van der Waals surface area contributed by atoms with Crippen LogP contribution in [0.1, 0.15) is 78.6 Å². The maximum absolute atomic E-state index is 12.7. The van der Waals surface area contributed by atoms with Crippen molar-refractivity contribution in [2.24, 2.45) is 0 Å². The van der Waals surface area contributed by atoms with Crippen molar-refractivity contribution in [1.29, 1.82) is 5.26 Å². The number of aliphatic carboxylic acids is 1. The number of ether oxygens (including phenoxy) is 2. The summed E-state index contributed by atoms with van der Waals surface area (Å²) in [6.07, 6.45) is 2.42. The number of ketones is 1. The third kappa shape index (κ3) is 6.18. The van der Waals surface area contributed by atoms with E-state index in [0.29, 0.717) is 35.5 Å². The van der Waals surface area contributed by atoms with Gasteiger partial charge in [0, 0.05) is 23.6 Å². The van der Waals surface area contributed by atoms with Crippen LogP contribution < -0.4 is 9.47 Å². The quantitative estimate of drug-likeness (QED) is 0.344. The maximum Gasteiger partial charge on any atom is 0.311 e. The number of hydrogen-bond acceptors (Lipinski definition) is 5. The van der Waals surface area contributed by atoms with Gasteiger partial charge in [-0.05, 0) is 66.1 Å². The van der Waals surface area contributed by atoms with E-state index >= 15 is 0 Å². The van der Waals surface area contributed by atoms with E-state index in [1.807, 2.05) is 0 Å². The van der Waals surface area contributed by atoms with E-state index in [-0.39, 0.29) is 29.1 Å². The SMILES string of the molecule is CC(C)(C)c1ccc(CCCC(=O)c2ccc(Oc3cc4c(cc3C#N)C(C(=O)O)CCO4)cc2)cc1. The molecule has 0 bridgehead atoms. The van der Waals surface area contributed by atoms with Crippen molar-refractivity contribution in [3.63, 3.8) is 0 Å². The zero-order chi connectivity index (χ0) is 26.6. The Morgan fingerprint density at radius 2 is 1.78 bits per heavy atom. The first-order chi connectivity index (χ1) is 17.7. The Bertz CT molecular complexity index is 1330. The average Bonchev–Trinajstić information content (AvgIpc) is 2.88. The Labute approximate surface area is 217 Å². The van der Waals surface area contributed by atoms with E-state index in [0.717, 1.165) is 12.8 Å². The van der Waals surface area contributed by atoms with Crippen LogP contribution in [-0.4, -0.2) is 23.5 Å². The van der Waals surface area contributed by atoms with Crippen molar-refractivity contribution in [1.82, 2.24) is 0 Å². The highest BCUT2D eigenvalue weighted by atomic mass is 16.5. The fourth-order valence-corrected chi connectivity index (χ4v) is 4.45. The largest absolute Gasteiger partial charge is 0.493 e. The molecule has 3 aromatic rings. The monoisotopic (exact) mass is 497 g/mol. The lowest BCUT2D eigenvalue weighted by Gasteiger charge is -2.24. The van der Waals surface area contributed by atoms with E-state index in [4.69, 9.17) is 9.47 Å². The molecule has 1 aliphatic rings. The number of benzene rings is 3. The Morgan fingerprint density at radius 3 is 2.41 bits per heavy atom. The molecule has 37 heavy (non-hydrogen) atoms. The number of nitriles is 1. The number of carbonyl (C=O) groups is 2. The average molecular weight is 498 g/mol. The number of fused-ring (bicyclic) bond motifs is 1. The first-order valence-electron chi connectivity index (χ1n) is 12.5. The number of carbonyl (C=O) groups excluding carboxylic acids is 1. The molecule has 6 heteroatoms. The topological polar surface area (TPSA) is 96.6 Å². The summed E-state index contributed by atoms with van der Waals surface area (Å²) in [5, 5.41) is 19.1. The van der Waals surface area contributed by atoms with Gasteiger partial charge in [-0.15, -0.1) is 0 Å². The summed E-state index contributed by atoms with van der Waals surface area (Å²) in [4.78, 5) is 24.3. The molecule has 3 aromatic carbocycles. The highest BCUT2D eigenvalue weighted by Crippen LogP contribution is 2.39. The predicted octanol–water partition coefficient (Wildman–Crippen LogP) is 6.80. The Balaban J connectivity index is 1.37. The van der Waals surface area contributed by atoms with Crippen molar-refractivity contribution >= 4 is 11.8 Å². The minimum Gasteiger partial charge on any atom is -0.493 e. The predicted molar refractivity (Wildman–Crippen MR) is 141 cm³/mol. The molecule has 1 aliphatic heterocycles. The molecule has 1 unspecified atom stereocenters. The van der Waals surface area contributed by atoms with Crippen LogP contribution in [-0.2, 0) is 16.6 Å². The summed E-state index contributed by atoms with van der Waals surface area (Å²) >= 11 is 0. The molecule has 0 aliphatic carbocycles. The lowest BCUT2D eigenvalue weighted by Crippen LogP contribution is -2.21. The number of nitrogens with zero attached hydrogens (tertiary/aromatic N) is 1. The van der Waals surface area contributed by atoms with Crippen LogP contribution >= 0.6 is 0 Å². The Morgan fingerprint density at radius 1 is 1.08 bits per heavy atom. The molecule has 0 spiro atoms. The number of Topliss-reactive ketones (excluding diaryl/α,β-unsaturated/α-hetero) is 1. The molecule has 1 N–H and O–H groups in total. The molecule has 4 rings (SSSR count). The summed E-state index contributed by atoms with van der Waals surface area (Å²) in [6, 6.07) is 20.6. The summed E-state index contributed by atoms with van der Waals surface area (Å²) in [5.74, 6) is -0.426. The standard InChI is InChI=1S/C31H31NO5/c1-31(2,3)23-11-7-20(8-12-23)5-4-6-27(33)21-9-13-24(14-10-21)37-28-18-29-26(17-22(28)19-32)25(30(34)35)15-16-36-29/h7-14,17-18,25H,4-6,15-16H2,1-3H3,(H,34,35). The molecule has 0 amide bonds. The van der Waals surface area contributed by atoms with E-state index in [1.54, 1.807) is 30.3 Å². The van der Waals surface area contributed by atoms with E-state index in [1.165, 1.54) is 17.2 Å². The number of carboxylic acid groups (broad SMARTS) is 1. The van der Waals surface area contributed by atoms with E-state index < -0.39 is 11.9 Å². The summed E-state index contributed by atoms with van der Waals surface area (Å²) in [7, 11) is 0. The van der Waals surface area contributed by atoms with Crippen molar-refractivity contribution in [2.45, 2.75) is 57.8 Å². The highest BCUT2D eigenvalue weighted by molar-refractivity contribution is 5.96. The third-order valence-corrected chi connectivity index (χ3v) is 6.66. The van der Waals surface area contributed by atoms with Gasteiger partial charge in [-0.2, -0.15) is 5.26 Å². The van der Waals surface area contributed by atoms with Crippen LogP contribution in [0.25, 0.3) is 0 Å². The van der Waals surface area contributed by atoms with Crippen LogP contribution in [0.2, 0.25) is 0 Å². The van der Waals surface area contributed by atoms with Gasteiger partial charge in [0.15, 0.2) is 5.78 Å². The van der Waals surface area contributed by atoms with Gasteiger partial charge in [-0.1, -0.05) is 45.0 Å². The Hall–Kier alpha value is -4.11. The van der Waals surface area contributed by atoms with Gasteiger partial charge < -0.3 is 14.6 Å². The number of carboxylic acids is 1. The number of hydrogen-bond donors (Lipinski definition) is 1. The van der Waals surface area contributed by atoms with E-state index in [2.05, 4.69) is 51.1 Å². The third-order valence-electron chi connectivity index (χ3n) is 6.66. The van der Waals surface area contributed by atoms with Crippen LogP contribution in [0.5, 0.6) is 17.2 Å². The molecule has 0 saturated carbocycles. The van der Waals surface area contributed by atoms with Gasteiger partial charge in [-0.25, -0.2) is 0 Å². The molecule has 1 atom stereocenters. The normalized spacial score (nSPS) is 14.7. The second-order valence-electron chi connectivity index (χ2n) is 10.4. The second-order valence-corrected chi connectivity index (χ2v) is 10.4. The fraction of sp³-hybridized carbons (Fsp3) is 0.323. The summed E-state index contributed by atoms with van der Waals surface area (Å²) in [6.45, 7) is 6.86. The molecule has 6 nitrogen and oxygen atoms in total. The number of aryl methyl sites for hydroxylation is 1. The molecule has 0 fully saturated rings. The minimum atomic E-state index is -0.944. The summed E-state index contributed by atoms with van der Waals surface area (Å²) < 4.78 is 11.5. The molecule has 0 radical (unpaired) electrons. The smallest absolute Gasteiger partial charge is 0.311 e. The van der Waals surface area contributed by atoms with Crippen LogP contribution in [0.4, 0.5) is 0 Å². The van der Waals surface area contributed by atoms with Crippen molar-refractivity contribution < 1.29 is 24.2 Å². The molecule has 0 aromatic heterocycles. The first-order valence-corrected chi connectivity index (χ1v) is 12.5. The lowest BCUT2D eigenvalue weighted by atomic mass is 9.86. The Kier molecular flexibility index (Phi) is 7.63. The minimum absolute atomic E-state index is 0.0671.